The number of hydrogen-bond acceptors (Lipinski definition) is 5. The second-order valence-electron chi connectivity index (χ2n) is 7.23. The van der Waals surface area contributed by atoms with Crippen LogP contribution in [0.25, 0.3) is 5.57 Å². The van der Waals surface area contributed by atoms with E-state index >= 15 is 0 Å². The summed E-state index contributed by atoms with van der Waals surface area (Å²) in [6.07, 6.45) is 3.30. The van der Waals surface area contributed by atoms with Gasteiger partial charge in [0, 0.05) is 37.9 Å². The molecule has 0 atom stereocenters. The van der Waals surface area contributed by atoms with Gasteiger partial charge in [-0.1, -0.05) is 30.3 Å². The first-order chi connectivity index (χ1) is 14.5. The Bertz CT molecular complexity index is 1090. The van der Waals surface area contributed by atoms with E-state index in [1.807, 2.05) is 73.6 Å². The second-order valence-corrected chi connectivity index (χ2v) is 7.23. The predicted molar refractivity (Wildman–Crippen MR) is 118 cm³/mol. The van der Waals surface area contributed by atoms with Gasteiger partial charge in [-0.15, -0.1) is 0 Å². The SMILES string of the molecule is CN(C)c1ccc(NC2=C(c3ccccc3)C(=O)N(Cc3ccncc3)C2=O)cc1. The lowest BCUT2D eigenvalue weighted by Crippen LogP contribution is -2.32. The highest BCUT2D eigenvalue weighted by atomic mass is 16.2. The summed E-state index contributed by atoms with van der Waals surface area (Å²) >= 11 is 0. The van der Waals surface area contributed by atoms with Gasteiger partial charge < -0.3 is 10.2 Å². The first-order valence-corrected chi connectivity index (χ1v) is 9.64. The van der Waals surface area contributed by atoms with Crippen LogP contribution in [0.5, 0.6) is 0 Å². The maximum Gasteiger partial charge on any atom is 0.278 e. The molecule has 0 unspecified atom stereocenters. The van der Waals surface area contributed by atoms with Crippen LogP contribution in [0, 0.1) is 0 Å². The van der Waals surface area contributed by atoms with Crippen LogP contribution in [-0.2, 0) is 16.1 Å². The molecule has 0 aliphatic carbocycles. The third kappa shape index (κ3) is 3.80. The van der Waals surface area contributed by atoms with Crippen LogP contribution in [0.15, 0.2) is 84.8 Å². The van der Waals surface area contributed by atoms with E-state index < -0.39 is 0 Å². The van der Waals surface area contributed by atoms with Crippen molar-refractivity contribution >= 4 is 28.8 Å². The first kappa shape index (κ1) is 19.4. The summed E-state index contributed by atoms with van der Waals surface area (Å²) in [7, 11) is 3.93. The minimum Gasteiger partial charge on any atom is -0.378 e. The third-order valence-corrected chi connectivity index (χ3v) is 4.97. The molecule has 0 fully saturated rings. The molecule has 2 amide bonds. The van der Waals surface area contributed by atoms with Crippen LogP contribution in [0.4, 0.5) is 11.4 Å². The minimum atomic E-state index is -0.340. The monoisotopic (exact) mass is 398 g/mol. The number of aromatic nitrogens is 1. The van der Waals surface area contributed by atoms with Crippen molar-refractivity contribution in [1.29, 1.82) is 0 Å². The molecule has 6 heteroatoms. The predicted octanol–water partition coefficient (Wildman–Crippen LogP) is 3.54. The molecule has 1 N–H and O–H groups in total. The Kier molecular flexibility index (Phi) is 5.30. The number of imide groups is 1. The van der Waals surface area contributed by atoms with Crippen molar-refractivity contribution < 1.29 is 9.59 Å². The molecule has 2 heterocycles. The number of carbonyl (C=O) groups is 2. The van der Waals surface area contributed by atoms with Gasteiger partial charge in [-0.05, 0) is 47.5 Å². The molecule has 2 aromatic carbocycles. The van der Waals surface area contributed by atoms with Crippen LogP contribution in [0.1, 0.15) is 11.1 Å². The van der Waals surface area contributed by atoms with Gasteiger partial charge in [0.25, 0.3) is 11.8 Å². The van der Waals surface area contributed by atoms with Crippen molar-refractivity contribution in [3.8, 4) is 0 Å². The van der Waals surface area contributed by atoms with E-state index in [0.29, 0.717) is 11.1 Å². The largest absolute Gasteiger partial charge is 0.378 e. The normalized spacial score (nSPS) is 13.7. The molecule has 3 aromatic rings. The molecule has 150 valence electrons. The van der Waals surface area contributed by atoms with Gasteiger partial charge in [0.15, 0.2) is 0 Å². The molecule has 6 nitrogen and oxygen atoms in total. The van der Waals surface area contributed by atoms with Crippen LogP contribution in [0.3, 0.4) is 0 Å². The Balaban J connectivity index is 1.70. The zero-order valence-electron chi connectivity index (χ0n) is 16.9. The lowest BCUT2D eigenvalue weighted by Gasteiger charge is -2.16. The highest BCUT2D eigenvalue weighted by molar-refractivity contribution is 6.36. The fourth-order valence-corrected chi connectivity index (χ4v) is 3.37. The molecule has 0 saturated heterocycles. The number of benzene rings is 2. The van der Waals surface area contributed by atoms with Crippen LogP contribution in [0.2, 0.25) is 0 Å². The minimum absolute atomic E-state index is 0.196. The van der Waals surface area contributed by atoms with Gasteiger partial charge in [0.05, 0.1) is 12.1 Å². The Morgan fingerprint density at radius 2 is 1.53 bits per heavy atom. The number of nitrogens with zero attached hydrogens (tertiary/aromatic N) is 3. The van der Waals surface area contributed by atoms with E-state index in [-0.39, 0.29) is 24.1 Å². The average Bonchev–Trinajstić information content (AvgIpc) is 3.00. The summed E-state index contributed by atoms with van der Waals surface area (Å²) in [6, 6.07) is 20.6. The van der Waals surface area contributed by atoms with Crippen molar-refractivity contribution in [3.05, 3.63) is 95.9 Å². The van der Waals surface area contributed by atoms with E-state index in [0.717, 1.165) is 16.9 Å². The van der Waals surface area contributed by atoms with Gasteiger partial charge in [0.2, 0.25) is 0 Å². The quantitative estimate of drug-likeness (QED) is 0.644. The van der Waals surface area contributed by atoms with Gasteiger partial charge in [-0.3, -0.25) is 19.5 Å². The van der Waals surface area contributed by atoms with Crippen LogP contribution in [-0.4, -0.2) is 35.8 Å². The smallest absolute Gasteiger partial charge is 0.278 e. The van der Waals surface area contributed by atoms with Crippen molar-refractivity contribution in [2.24, 2.45) is 0 Å². The third-order valence-electron chi connectivity index (χ3n) is 4.97. The van der Waals surface area contributed by atoms with E-state index in [2.05, 4.69) is 10.3 Å². The fraction of sp³-hybridized carbons (Fsp3) is 0.125. The standard InChI is InChI=1S/C24H22N4O2/c1-27(2)20-10-8-19(9-11-20)26-22-21(18-6-4-3-5-7-18)23(29)28(24(22)30)16-17-12-14-25-15-13-17/h3-15,26H,16H2,1-2H3. The van der Waals surface area contributed by atoms with Gasteiger partial charge in [-0.2, -0.15) is 0 Å². The number of anilines is 2. The molecule has 0 radical (unpaired) electrons. The number of amides is 2. The molecular weight excluding hydrogens is 376 g/mol. The Morgan fingerprint density at radius 1 is 0.867 bits per heavy atom. The molecule has 0 bridgehead atoms. The molecular formula is C24H22N4O2. The summed E-state index contributed by atoms with van der Waals surface area (Å²) in [4.78, 5) is 33.8. The number of pyridine rings is 1. The summed E-state index contributed by atoms with van der Waals surface area (Å²) in [5.74, 6) is -0.650. The summed E-state index contributed by atoms with van der Waals surface area (Å²) in [5, 5.41) is 3.19. The topological polar surface area (TPSA) is 65.5 Å². The maximum absolute atomic E-state index is 13.2. The summed E-state index contributed by atoms with van der Waals surface area (Å²) in [6.45, 7) is 0.196. The van der Waals surface area contributed by atoms with Crippen molar-refractivity contribution in [1.82, 2.24) is 9.88 Å². The highest BCUT2D eigenvalue weighted by Gasteiger charge is 2.39. The van der Waals surface area contributed by atoms with Crippen LogP contribution < -0.4 is 10.2 Å². The number of carbonyl (C=O) groups excluding carboxylic acids is 2. The molecule has 1 aliphatic rings. The Hall–Kier alpha value is -3.93. The van der Waals surface area contributed by atoms with Crippen molar-refractivity contribution in [2.45, 2.75) is 6.54 Å². The zero-order chi connectivity index (χ0) is 21.1. The maximum atomic E-state index is 13.2. The first-order valence-electron chi connectivity index (χ1n) is 9.64. The van der Waals surface area contributed by atoms with E-state index in [9.17, 15) is 9.59 Å². The second kappa shape index (κ2) is 8.21. The number of hydrogen-bond donors (Lipinski definition) is 1. The number of rotatable bonds is 6. The lowest BCUT2D eigenvalue weighted by atomic mass is 10.0. The van der Waals surface area contributed by atoms with E-state index in [1.165, 1.54) is 4.90 Å². The molecule has 0 saturated carbocycles. The van der Waals surface area contributed by atoms with Gasteiger partial charge in [-0.25, -0.2) is 0 Å². The van der Waals surface area contributed by atoms with E-state index in [1.54, 1.807) is 24.5 Å². The summed E-state index contributed by atoms with van der Waals surface area (Å²) in [5.41, 5.74) is 4.02. The lowest BCUT2D eigenvalue weighted by molar-refractivity contribution is -0.137. The molecule has 30 heavy (non-hydrogen) atoms. The van der Waals surface area contributed by atoms with Gasteiger partial charge in [0.1, 0.15) is 5.70 Å². The van der Waals surface area contributed by atoms with Gasteiger partial charge >= 0.3 is 0 Å². The molecule has 1 aliphatic heterocycles. The highest BCUT2D eigenvalue weighted by Crippen LogP contribution is 2.31. The van der Waals surface area contributed by atoms with Crippen molar-refractivity contribution in [3.63, 3.8) is 0 Å². The molecule has 4 rings (SSSR count). The Labute approximate surface area is 175 Å². The average molecular weight is 398 g/mol. The van der Waals surface area contributed by atoms with E-state index in [4.69, 9.17) is 0 Å². The Morgan fingerprint density at radius 3 is 2.17 bits per heavy atom. The molecule has 1 aromatic heterocycles. The molecule has 0 spiro atoms. The van der Waals surface area contributed by atoms with Crippen molar-refractivity contribution in [2.75, 3.05) is 24.3 Å². The van der Waals surface area contributed by atoms with Crippen LogP contribution >= 0.6 is 0 Å². The summed E-state index contributed by atoms with van der Waals surface area (Å²) < 4.78 is 0. The zero-order valence-corrected chi connectivity index (χ0v) is 16.9. The fourth-order valence-electron chi connectivity index (χ4n) is 3.37. The number of nitrogens with one attached hydrogen (secondary N) is 1.